The van der Waals surface area contributed by atoms with Gasteiger partial charge in [0.2, 0.25) is 5.95 Å². The Kier molecular flexibility index (Phi) is 6.07. The van der Waals surface area contributed by atoms with Gasteiger partial charge in [0.15, 0.2) is 5.16 Å². The third-order valence-corrected chi connectivity index (χ3v) is 3.78. The lowest BCUT2D eigenvalue weighted by molar-refractivity contribution is 0.308. The predicted molar refractivity (Wildman–Crippen MR) is 86.2 cm³/mol. The summed E-state index contributed by atoms with van der Waals surface area (Å²) in [7, 11) is 0. The molecular weight excluding hydrogens is 308 g/mol. The fraction of sp³-hybridized carbons (Fsp3) is 0.357. The molecular formula is C14H17ClN4OS. The molecule has 5 nitrogen and oxygen atoms in total. The van der Waals surface area contributed by atoms with Gasteiger partial charge in [0.25, 0.3) is 0 Å². The topological polar surface area (TPSA) is 59.9 Å². The Morgan fingerprint density at radius 3 is 2.71 bits per heavy atom. The van der Waals surface area contributed by atoms with Crippen LogP contribution in [0.1, 0.15) is 19.4 Å². The maximum absolute atomic E-state index is 6.15. The van der Waals surface area contributed by atoms with Gasteiger partial charge in [-0.3, -0.25) is 0 Å². The van der Waals surface area contributed by atoms with Crippen molar-refractivity contribution in [2.24, 2.45) is 0 Å². The van der Waals surface area contributed by atoms with Crippen molar-refractivity contribution < 1.29 is 4.74 Å². The molecule has 2 aromatic rings. The number of rotatable bonds is 7. The van der Waals surface area contributed by atoms with E-state index in [2.05, 4.69) is 20.3 Å². The smallest absolute Gasteiger partial charge is 0.322 e. The van der Waals surface area contributed by atoms with Crippen LogP contribution in [0.2, 0.25) is 5.02 Å². The lowest BCUT2D eigenvalue weighted by atomic mass is 10.2. The Morgan fingerprint density at radius 2 is 2.00 bits per heavy atom. The molecule has 0 saturated heterocycles. The Hall–Kier alpha value is -1.53. The van der Waals surface area contributed by atoms with Crippen LogP contribution in [0.25, 0.3) is 0 Å². The minimum atomic E-state index is 0.338. The van der Waals surface area contributed by atoms with Crippen molar-refractivity contribution in [2.75, 3.05) is 18.5 Å². The quantitative estimate of drug-likeness (QED) is 0.784. The van der Waals surface area contributed by atoms with Gasteiger partial charge in [-0.2, -0.15) is 15.0 Å². The number of benzene rings is 1. The van der Waals surface area contributed by atoms with E-state index in [0.717, 1.165) is 17.1 Å². The molecule has 0 radical (unpaired) electrons. The zero-order valence-corrected chi connectivity index (χ0v) is 13.5. The molecule has 0 bridgehead atoms. The summed E-state index contributed by atoms with van der Waals surface area (Å²) in [5.74, 6) is 1.22. The van der Waals surface area contributed by atoms with Crippen molar-refractivity contribution in [3.8, 4) is 6.01 Å². The molecule has 0 amide bonds. The van der Waals surface area contributed by atoms with Crippen LogP contribution in [-0.4, -0.2) is 28.1 Å². The lowest BCUT2D eigenvalue weighted by Gasteiger charge is -2.08. The molecule has 112 valence electrons. The average Bonchev–Trinajstić information content (AvgIpc) is 2.47. The average molecular weight is 325 g/mol. The SMILES string of the molecule is CCNc1nc(OCC)nc(SCc2ccccc2Cl)n1. The first kappa shape index (κ1) is 15.9. The standard InChI is InChI=1S/C14H17ClN4OS/c1-3-16-12-17-13(20-4-2)19-14(18-12)21-9-10-7-5-6-8-11(10)15/h5-8H,3-4,9H2,1-2H3,(H,16,17,18,19). The van der Waals surface area contributed by atoms with Gasteiger partial charge < -0.3 is 10.1 Å². The summed E-state index contributed by atoms with van der Waals surface area (Å²) in [6.45, 7) is 5.14. The van der Waals surface area contributed by atoms with Gasteiger partial charge in [0, 0.05) is 17.3 Å². The second-order valence-corrected chi connectivity index (χ2v) is 5.42. The zero-order chi connectivity index (χ0) is 15.1. The number of hydrogen-bond donors (Lipinski definition) is 1. The molecule has 0 fully saturated rings. The lowest BCUT2D eigenvalue weighted by Crippen LogP contribution is -2.07. The van der Waals surface area contributed by atoms with E-state index in [4.69, 9.17) is 16.3 Å². The number of anilines is 1. The first-order chi connectivity index (χ1) is 10.2. The number of aromatic nitrogens is 3. The highest BCUT2D eigenvalue weighted by Gasteiger charge is 2.08. The van der Waals surface area contributed by atoms with E-state index in [-0.39, 0.29) is 0 Å². The van der Waals surface area contributed by atoms with Gasteiger partial charge in [-0.05, 0) is 25.5 Å². The number of thioether (sulfide) groups is 1. The van der Waals surface area contributed by atoms with E-state index in [1.54, 1.807) is 0 Å². The fourth-order valence-electron chi connectivity index (χ4n) is 1.59. The van der Waals surface area contributed by atoms with Crippen LogP contribution in [0.4, 0.5) is 5.95 Å². The van der Waals surface area contributed by atoms with Gasteiger partial charge in [-0.15, -0.1) is 0 Å². The van der Waals surface area contributed by atoms with Crippen LogP contribution in [0.15, 0.2) is 29.4 Å². The van der Waals surface area contributed by atoms with Gasteiger partial charge >= 0.3 is 6.01 Å². The Balaban J connectivity index is 2.13. The molecule has 7 heteroatoms. The minimum Gasteiger partial charge on any atom is -0.464 e. The molecule has 2 rings (SSSR count). The van der Waals surface area contributed by atoms with E-state index in [1.807, 2.05) is 38.1 Å². The first-order valence-corrected chi connectivity index (χ1v) is 8.08. The summed E-state index contributed by atoms with van der Waals surface area (Å²) in [6.07, 6.45) is 0. The molecule has 1 N–H and O–H groups in total. The second-order valence-electron chi connectivity index (χ2n) is 4.07. The van der Waals surface area contributed by atoms with Gasteiger partial charge in [0.05, 0.1) is 6.61 Å². The summed E-state index contributed by atoms with van der Waals surface area (Å²) in [4.78, 5) is 12.8. The monoisotopic (exact) mass is 324 g/mol. The van der Waals surface area contributed by atoms with Crippen molar-refractivity contribution >= 4 is 29.3 Å². The largest absolute Gasteiger partial charge is 0.464 e. The number of nitrogens with one attached hydrogen (secondary N) is 1. The Bertz CT molecular complexity index is 573. The van der Waals surface area contributed by atoms with Crippen molar-refractivity contribution in [3.05, 3.63) is 34.9 Å². The third-order valence-electron chi connectivity index (χ3n) is 2.52. The molecule has 1 aromatic carbocycles. The van der Waals surface area contributed by atoms with Crippen LogP contribution in [-0.2, 0) is 5.75 Å². The molecule has 0 saturated carbocycles. The Labute approximate surface area is 133 Å². The highest BCUT2D eigenvalue weighted by molar-refractivity contribution is 7.98. The molecule has 0 aliphatic heterocycles. The van der Waals surface area contributed by atoms with Gasteiger partial charge in [-0.25, -0.2) is 0 Å². The summed E-state index contributed by atoms with van der Waals surface area (Å²) < 4.78 is 5.37. The first-order valence-electron chi connectivity index (χ1n) is 6.71. The fourth-order valence-corrected chi connectivity index (χ4v) is 2.70. The number of nitrogens with zero attached hydrogens (tertiary/aromatic N) is 3. The molecule has 0 aliphatic carbocycles. The molecule has 0 unspecified atom stereocenters. The van der Waals surface area contributed by atoms with Gasteiger partial charge in [0.1, 0.15) is 0 Å². The zero-order valence-electron chi connectivity index (χ0n) is 12.0. The third kappa shape index (κ3) is 4.75. The molecule has 21 heavy (non-hydrogen) atoms. The summed E-state index contributed by atoms with van der Waals surface area (Å²) >= 11 is 7.65. The summed E-state index contributed by atoms with van der Waals surface area (Å²) in [5.41, 5.74) is 1.05. The van der Waals surface area contributed by atoms with Gasteiger partial charge in [-0.1, -0.05) is 41.6 Å². The predicted octanol–water partition coefficient (Wildman–Crippen LogP) is 3.65. The molecule has 1 aromatic heterocycles. The van der Waals surface area contributed by atoms with E-state index >= 15 is 0 Å². The van der Waals surface area contributed by atoms with E-state index in [1.165, 1.54) is 11.8 Å². The second kappa shape index (κ2) is 8.05. The number of ether oxygens (including phenoxy) is 1. The van der Waals surface area contributed by atoms with Crippen molar-refractivity contribution in [1.29, 1.82) is 0 Å². The van der Waals surface area contributed by atoms with Crippen LogP contribution >= 0.6 is 23.4 Å². The van der Waals surface area contributed by atoms with E-state index in [9.17, 15) is 0 Å². The van der Waals surface area contributed by atoms with Crippen LogP contribution in [0, 0.1) is 0 Å². The van der Waals surface area contributed by atoms with Crippen LogP contribution in [0.5, 0.6) is 6.01 Å². The van der Waals surface area contributed by atoms with E-state index in [0.29, 0.717) is 29.5 Å². The number of halogens is 1. The van der Waals surface area contributed by atoms with Crippen LogP contribution in [0.3, 0.4) is 0 Å². The highest BCUT2D eigenvalue weighted by Crippen LogP contribution is 2.25. The van der Waals surface area contributed by atoms with Crippen molar-refractivity contribution in [2.45, 2.75) is 24.8 Å². The number of hydrogen-bond acceptors (Lipinski definition) is 6. The normalized spacial score (nSPS) is 10.4. The van der Waals surface area contributed by atoms with Crippen molar-refractivity contribution in [3.63, 3.8) is 0 Å². The molecule has 1 heterocycles. The maximum atomic E-state index is 6.15. The Morgan fingerprint density at radius 1 is 1.19 bits per heavy atom. The molecule has 0 spiro atoms. The maximum Gasteiger partial charge on any atom is 0.322 e. The summed E-state index contributed by atoms with van der Waals surface area (Å²) in [6, 6.07) is 8.08. The van der Waals surface area contributed by atoms with Crippen LogP contribution < -0.4 is 10.1 Å². The summed E-state index contributed by atoms with van der Waals surface area (Å²) in [5, 5.41) is 4.44. The van der Waals surface area contributed by atoms with Crippen molar-refractivity contribution in [1.82, 2.24) is 15.0 Å². The highest BCUT2D eigenvalue weighted by atomic mass is 35.5. The van der Waals surface area contributed by atoms with E-state index < -0.39 is 0 Å². The minimum absolute atomic E-state index is 0.338. The molecule has 0 aliphatic rings. The molecule has 0 atom stereocenters.